The van der Waals surface area contributed by atoms with E-state index in [4.69, 9.17) is 15.3 Å². The van der Waals surface area contributed by atoms with Crippen LogP contribution in [-0.2, 0) is 9.59 Å². The Balaban J connectivity index is 0. The number of nitrogens with zero attached hydrogens (tertiary/aromatic N) is 1. The van der Waals surface area contributed by atoms with Gasteiger partial charge in [-0.2, -0.15) is 0 Å². The molecule has 3 N–H and O–H groups in total. The van der Waals surface area contributed by atoms with Gasteiger partial charge in [0.1, 0.15) is 0 Å². The summed E-state index contributed by atoms with van der Waals surface area (Å²) in [6.07, 6.45) is 2.30. The zero-order chi connectivity index (χ0) is 13.7. The number of carbonyl (C=O) groups excluding carboxylic acids is 1. The van der Waals surface area contributed by atoms with Crippen molar-refractivity contribution in [3.63, 3.8) is 0 Å². The van der Waals surface area contributed by atoms with E-state index in [2.05, 4.69) is 11.8 Å². The highest BCUT2D eigenvalue weighted by Gasteiger charge is 2.00. The van der Waals surface area contributed by atoms with Gasteiger partial charge in [-0.15, -0.1) is 0 Å². The molecule has 6 heteroatoms. The van der Waals surface area contributed by atoms with E-state index < -0.39 is 11.8 Å². The van der Waals surface area contributed by atoms with Gasteiger partial charge in [0, 0.05) is 20.0 Å². The van der Waals surface area contributed by atoms with E-state index in [0.717, 1.165) is 26.3 Å². The van der Waals surface area contributed by atoms with Crippen molar-refractivity contribution in [2.45, 2.75) is 26.7 Å². The molecule has 0 unspecified atom stereocenters. The molecule has 0 aliphatic rings. The molecular weight excluding hydrogens is 226 g/mol. The van der Waals surface area contributed by atoms with Crippen LogP contribution in [-0.4, -0.2) is 64.8 Å². The van der Waals surface area contributed by atoms with Crippen molar-refractivity contribution in [1.82, 2.24) is 4.90 Å². The van der Waals surface area contributed by atoms with Crippen LogP contribution in [0.4, 0.5) is 0 Å². The maximum absolute atomic E-state index is 9.54. The average Bonchev–Trinajstić information content (AvgIpc) is 2.27. The molecule has 0 aliphatic carbocycles. The fraction of sp³-hybridized carbons (Fsp3) is 0.818. The number of hydrogen-bond acceptors (Lipinski definition) is 5. The minimum absolute atomic E-state index is 0.184. The lowest BCUT2D eigenvalue weighted by Crippen LogP contribution is -2.30. The highest BCUT2D eigenvalue weighted by molar-refractivity contribution is 6.31. The van der Waals surface area contributed by atoms with Gasteiger partial charge >= 0.3 is 5.97 Å². The van der Waals surface area contributed by atoms with Crippen LogP contribution in [0.25, 0.3) is 0 Å². The minimum atomic E-state index is -1.38. The van der Waals surface area contributed by atoms with Crippen LogP contribution in [0.5, 0.6) is 0 Å². The second-order valence-corrected chi connectivity index (χ2v) is 3.50. The van der Waals surface area contributed by atoms with Crippen molar-refractivity contribution in [3.05, 3.63) is 0 Å². The topological polar surface area (TPSA) is 98.1 Å². The Morgan fingerprint density at radius 3 is 1.71 bits per heavy atom. The first-order valence-electron chi connectivity index (χ1n) is 5.67. The molecule has 0 spiro atoms. The van der Waals surface area contributed by atoms with Crippen LogP contribution in [0.1, 0.15) is 26.7 Å². The summed E-state index contributed by atoms with van der Waals surface area (Å²) in [5.74, 6) is -2.20. The molecular formula is C11H23NO5. The fourth-order valence-corrected chi connectivity index (χ4v) is 1.000. The second kappa shape index (κ2) is 13.1. The highest BCUT2D eigenvalue weighted by atomic mass is 16.4. The van der Waals surface area contributed by atoms with Gasteiger partial charge in [-0.05, 0) is 13.0 Å². The molecule has 0 bridgehead atoms. The van der Waals surface area contributed by atoms with Crippen LogP contribution in [0.15, 0.2) is 0 Å². The molecule has 0 amide bonds. The van der Waals surface area contributed by atoms with Crippen LogP contribution in [0.3, 0.4) is 0 Å². The molecule has 0 rings (SSSR count). The lowest BCUT2D eigenvalue weighted by Gasteiger charge is -2.19. The number of aliphatic carboxylic acids is 1. The molecule has 0 saturated heterocycles. The summed E-state index contributed by atoms with van der Waals surface area (Å²) >= 11 is 0. The van der Waals surface area contributed by atoms with Gasteiger partial charge in [-0.25, -0.2) is 4.79 Å². The first kappa shape index (κ1) is 18.4. The highest BCUT2D eigenvalue weighted by Crippen LogP contribution is 1.93. The van der Waals surface area contributed by atoms with Crippen LogP contribution in [0, 0.1) is 0 Å². The summed E-state index contributed by atoms with van der Waals surface area (Å²) in [5, 5.41) is 24.9. The molecule has 0 aromatic heterocycles. The number of Topliss-reactive ketones (excluding diaryl/α,β-unsaturated/α-hetero) is 1. The predicted molar refractivity (Wildman–Crippen MR) is 63.8 cm³/mol. The maximum atomic E-state index is 9.54. The Morgan fingerprint density at radius 1 is 1.06 bits per heavy atom. The third-order valence-corrected chi connectivity index (χ3v) is 1.96. The molecule has 6 nitrogen and oxygen atoms in total. The van der Waals surface area contributed by atoms with E-state index in [1.54, 1.807) is 0 Å². The Morgan fingerprint density at radius 2 is 1.47 bits per heavy atom. The number of carboxylic acids is 1. The van der Waals surface area contributed by atoms with Crippen LogP contribution < -0.4 is 0 Å². The smallest absolute Gasteiger partial charge is 0.371 e. The second-order valence-electron chi connectivity index (χ2n) is 3.50. The van der Waals surface area contributed by atoms with E-state index >= 15 is 0 Å². The standard InChI is InChI=1S/C8H19NO2.C3H4O3/c1-2-3-4-9(5-7-10)6-8-11;1-2(4)3(5)6/h10-11H,2-8H2,1H3;1H3,(H,5,6). The first-order chi connectivity index (χ1) is 7.99. The van der Waals surface area contributed by atoms with E-state index in [1.807, 2.05) is 0 Å². The van der Waals surface area contributed by atoms with Crippen molar-refractivity contribution in [3.8, 4) is 0 Å². The van der Waals surface area contributed by atoms with Crippen molar-refractivity contribution >= 4 is 11.8 Å². The van der Waals surface area contributed by atoms with E-state index in [0.29, 0.717) is 13.1 Å². The van der Waals surface area contributed by atoms with Gasteiger partial charge in [0.2, 0.25) is 5.78 Å². The third-order valence-electron chi connectivity index (χ3n) is 1.96. The van der Waals surface area contributed by atoms with Crippen molar-refractivity contribution < 1.29 is 24.9 Å². The van der Waals surface area contributed by atoms with Gasteiger partial charge in [-0.3, -0.25) is 9.69 Å². The number of unbranched alkanes of at least 4 members (excludes halogenated alkanes) is 1. The molecule has 0 aromatic rings. The number of hydrogen-bond donors (Lipinski definition) is 3. The first-order valence-corrected chi connectivity index (χ1v) is 5.67. The molecule has 0 aromatic carbocycles. The summed E-state index contributed by atoms with van der Waals surface area (Å²) in [4.78, 5) is 21.0. The monoisotopic (exact) mass is 249 g/mol. The fourth-order valence-electron chi connectivity index (χ4n) is 1.000. The maximum Gasteiger partial charge on any atom is 0.371 e. The summed E-state index contributed by atoms with van der Waals surface area (Å²) < 4.78 is 0. The zero-order valence-corrected chi connectivity index (χ0v) is 10.6. The van der Waals surface area contributed by atoms with Crippen LogP contribution in [0.2, 0.25) is 0 Å². The lowest BCUT2D eigenvalue weighted by atomic mass is 10.3. The van der Waals surface area contributed by atoms with E-state index in [1.165, 1.54) is 0 Å². The Bertz CT molecular complexity index is 190. The summed E-state index contributed by atoms with van der Waals surface area (Å²) in [6.45, 7) is 5.85. The largest absolute Gasteiger partial charge is 0.476 e. The lowest BCUT2D eigenvalue weighted by molar-refractivity contribution is -0.148. The Labute approximate surface area is 102 Å². The number of aliphatic hydroxyl groups is 2. The Hall–Kier alpha value is -0.980. The number of carboxylic acid groups (broad SMARTS) is 1. The molecule has 0 heterocycles. The molecule has 0 atom stereocenters. The van der Waals surface area contributed by atoms with Gasteiger partial charge in [0.15, 0.2) is 0 Å². The molecule has 0 aliphatic heterocycles. The van der Waals surface area contributed by atoms with Gasteiger partial charge < -0.3 is 15.3 Å². The summed E-state index contributed by atoms with van der Waals surface area (Å²) in [6, 6.07) is 0. The minimum Gasteiger partial charge on any atom is -0.476 e. The van der Waals surface area contributed by atoms with Crippen molar-refractivity contribution in [2.24, 2.45) is 0 Å². The van der Waals surface area contributed by atoms with Gasteiger partial charge in [0.05, 0.1) is 13.2 Å². The van der Waals surface area contributed by atoms with Crippen molar-refractivity contribution in [1.29, 1.82) is 0 Å². The van der Waals surface area contributed by atoms with Crippen molar-refractivity contribution in [2.75, 3.05) is 32.8 Å². The third kappa shape index (κ3) is 15.0. The number of ketones is 1. The van der Waals surface area contributed by atoms with E-state index in [9.17, 15) is 9.59 Å². The zero-order valence-electron chi connectivity index (χ0n) is 10.6. The molecule has 102 valence electrons. The average molecular weight is 249 g/mol. The normalized spacial score (nSPS) is 9.71. The van der Waals surface area contributed by atoms with Gasteiger partial charge in [-0.1, -0.05) is 13.3 Å². The summed E-state index contributed by atoms with van der Waals surface area (Å²) in [7, 11) is 0. The molecule has 0 radical (unpaired) electrons. The molecule has 0 fully saturated rings. The molecule has 17 heavy (non-hydrogen) atoms. The molecule has 0 saturated carbocycles. The van der Waals surface area contributed by atoms with E-state index in [-0.39, 0.29) is 13.2 Å². The number of carbonyl (C=O) groups is 2. The quantitative estimate of drug-likeness (QED) is 0.512. The SMILES string of the molecule is CC(=O)C(=O)O.CCCCN(CCO)CCO. The van der Waals surface area contributed by atoms with Gasteiger partial charge in [0.25, 0.3) is 0 Å². The number of rotatable bonds is 8. The van der Waals surface area contributed by atoms with Crippen LogP contribution >= 0.6 is 0 Å². The number of aliphatic hydroxyl groups excluding tert-OH is 2. The predicted octanol–water partition coefficient (Wildman–Crippen LogP) is -0.267. The Kier molecular flexibility index (Phi) is 14.2. The summed E-state index contributed by atoms with van der Waals surface area (Å²) in [5.41, 5.74) is 0.